The largest absolute Gasteiger partial charge is 0.357 e. The number of nitrogens with one attached hydrogen (secondary N) is 1. The third kappa shape index (κ3) is 6.57. The zero-order chi connectivity index (χ0) is 21.9. The normalized spacial score (nSPS) is 11.4. The van der Waals surface area contributed by atoms with E-state index in [2.05, 4.69) is 32.6 Å². The fourth-order valence-corrected chi connectivity index (χ4v) is 3.04. The Morgan fingerprint density at radius 2 is 1.83 bits per heavy atom. The van der Waals surface area contributed by atoms with Crippen LogP contribution in [0.5, 0.6) is 0 Å². The van der Waals surface area contributed by atoms with Crippen LogP contribution in [0.1, 0.15) is 39.1 Å². The van der Waals surface area contributed by atoms with Crippen molar-refractivity contribution in [1.29, 1.82) is 0 Å². The molecule has 1 heterocycles. The molecule has 2 rings (SSSR count). The van der Waals surface area contributed by atoms with E-state index in [9.17, 15) is 4.79 Å². The maximum Gasteiger partial charge on any atom is 0.257 e. The summed E-state index contributed by atoms with van der Waals surface area (Å²) in [5, 5.41) is 7.20. The average Bonchev–Trinajstić information content (AvgIpc) is 3.23. The highest BCUT2D eigenvalue weighted by molar-refractivity contribution is 5.86. The molecule has 1 N–H and O–H groups in total. The van der Waals surface area contributed by atoms with E-state index in [1.54, 1.807) is 0 Å². The number of aliphatic imine (C=N–C) groups is 1. The molecule has 0 fully saturated rings. The highest BCUT2D eigenvalue weighted by Crippen LogP contribution is 2.18. The molecule has 2 aromatic rings. The molecule has 1 aromatic heterocycles. The second kappa shape index (κ2) is 11.9. The summed E-state index contributed by atoms with van der Waals surface area (Å²) in [4.78, 5) is 25.1. The Morgan fingerprint density at radius 3 is 2.40 bits per heavy atom. The Morgan fingerprint density at radius 1 is 1.13 bits per heavy atom. The van der Waals surface area contributed by atoms with Crippen molar-refractivity contribution in [2.24, 2.45) is 4.99 Å². The fraction of sp³-hybridized carbons (Fsp3) is 0.545. The Bertz CT molecular complexity index is 811. The van der Waals surface area contributed by atoms with Crippen molar-refractivity contribution in [3.05, 3.63) is 35.7 Å². The number of aromatic nitrogens is 2. The van der Waals surface area contributed by atoms with Crippen molar-refractivity contribution in [1.82, 2.24) is 25.3 Å². The summed E-state index contributed by atoms with van der Waals surface area (Å²) in [7, 11) is 1.90. The first-order valence-electron chi connectivity index (χ1n) is 10.7. The van der Waals surface area contributed by atoms with Crippen LogP contribution in [0.4, 0.5) is 0 Å². The van der Waals surface area contributed by atoms with Gasteiger partial charge >= 0.3 is 0 Å². The van der Waals surface area contributed by atoms with E-state index in [0.717, 1.165) is 44.0 Å². The van der Waals surface area contributed by atoms with Gasteiger partial charge in [0.15, 0.2) is 11.8 Å². The summed E-state index contributed by atoms with van der Waals surface area (Å²) >= 11 is 0. The molecule has 0 unspecified atom stereocenters. The molecule has 0 saturated heterocycles. The summed E-state index contributed by atoms with van der Waals surface area (Å²) in [6.07, 6.45) is 1.56. The Hall–Kier alpha value is -2.90. The Labute approximate surface area is 179 Å². The summed E-state index contributed by atoms with van der Waals surface area (Å²) in [5.74, 6) is 2.11. The smallest absolute Gasteiger partial charge is 0.257 e. The molecule has 0 radical (unpaired) electrons. The Balaban J connectivity index is 1.95. The van der Waals surface area contributed by atoms with Gasteiger partial charge in [-0.3, -0.25) is 9.79 Å². The van der Waals surface area contributed by atoms with E-state index in [-0.39, 0.29) is 5.91 Å². The van der Waals surface area contributed by atoms with Gasteiger partial charge in [-0.2, -0.15) is 4.98 Å². The van der Waals surface area contributed by atoms with Crippen molar-refractivity contribution in [3.8, 4) is 11.5 Å². The number of amides is 1. The van der Waals surface area contributed by atoms with E-state index < -0.39 is 0 Å². The van der Waals surface area contributed by atoms with E-state index in [1.165, 1.54) is 5.56 Å². The summed E-state index contributed by atoms with van der Waals surface area (Å²) in [5.41, 5.74) is 2.09. The first-order chi connectivity index (χ1) is 14.5. The van der Waals surface area contributed by atoms with Crippen LogP contribution in [0.25, 0.3) is 11.5 Å². The lowest BCUT2D eigenvalue weighted by Crippen LogP contribution is -2.45. The van der Waals surface area contributed by atoms with Crippen molar-refractivity contribution in [2.75, 3.05) is 39.8 Å². The number of carbonyl (C=O) groups excluding carboxylic acids is 1. The maximum absolute atomic E-state index is 12.4. The molecule has 8 nitrogen and oxygen atoms in total. The third-order valence-electron chi connectivity index (χ3n) is 4.83. The standard InChI is InChI=1S/C22H34N6O2/c1-6-19-25-21(30-26-19)18-12-10-17(11-13-18)14-15-24-22(23-7-2)27(5)16-20(29)28(8-3)9-4/h10-13H,6-9,14-16H2,1-5H3,(H,23,24). The van der Waals surface area contributed by atoms with Crippen molar-refractivity contribution in [3.63, 3.8) is 0 Å². The lowest BCUT2D eigenvalue weighted by atomic mass is 10.1. The van der Waals surface area contributed by atoms with Crippen LogP contribution in [0.3, 0.4) is 0 Å². The van der Waals surface area contributed by atoms with Gasteiger partial charge in [-0.25, -0.2) is 0 Å². The SMILES string of the molecule is CCNC(=NCCc1ccc(-c2nc(CC)no2)cc1)N(C)CC(=O)N(CC)CC. The minimum Gasteiger partial charge on any atom is -0.357 e. The van der Waals surface area contributed by atoms with Gasteiger partial charge in [0.05, 0.1) is 6.54 Å². The highest BCUT2D eigenvalue weighted by Gasteiger charge is 2.15. The third-order valence-corrected chi connectivity index (χ3v) is 4.83. The molecule has 0 aliphatic rings. The number of aryl methyl sites for hydroxylation is 1. The minimum atomic E-state index is 0.107. The van der Waals surface area contributed by atoms with Crippen LogP contribution in [0.2, 0.25) is 0 Å². The van der Waals surface area contributed by atoms with Gasteiger partial charge in [0.25, 0.3) is 5.89 Å². The van der Waals surface area contributed by atoms with Crippen LogP contribution in [-0.2, 0) is 17.6 Å². The lowest BCUT2D eigenvalue weighted by Gasteiger charge is -2.25. The number of guanidine groups is 1. The molecule has 0 saturated carbocycles. The zero-order valence-electron chi connectivity index (χ0n) is 18.8. The molecule has 8 heteroatoms. The number of carbonyl (C=O) groups is 1. The molecule has 30 heavy (non-hydrogen) atoms. The van der Waals surface area contributed by atoms with Crippen molar-refractivity contribution in [2.45, 2.75) is 40.5 Å². The summed E-state index contributed by atoms with van der Waals surface area (Å²) in [6, 6.07) is 8.10. The highest BCUT2D eigenvalue weighted by atomic mass is 16.5. The summed E-state index contributed by atoms with van der Waals surface area (Å²) in [6.45, 7) is 11.1. The van der Waals surface area contributed by atoms with Crippen LogP contribution < -0.4 is 5.32 Å². The van der Waals surface area contributed by atoms with E-state index >= 15 is 0 Å². The minimum absolute atomic E-state index is 0.107. The molecule has 0 bridgehead atoms. The van der Waals surface area contributed by atoms with Crippen LogP contribution in [0.15, 0.2) is 33.8 Å². The number of benzene rings is 1. The summed E-state index contributed by atoms with van der Waals surface area (Å²) < 4.78 is 5.28. The second-order valence-corrected chi connectivity index (χ2v) is 6.97. The first kappa shape index (κ1) is 23.4. The van der Waals surface area contributed by atoms with Gasteiger partial charge < -0.3 is 19.6 Å². The average molecular weight is 415 g/mol. The first-order valence-corrected chi connectivity index (χ1v) is 10.7. The number of hydrogen-bond acceptors (Lipinski definition) is 5. The number of hydrogen-bond donors (Lipinski definition) is 1. The van der Waals surface area contributed by atoms with Gasteiger partial charge in [0.1, 0.15) is 0 Å². The van der Waals surface area contributed by atoms with Gasteiger partial charge in [-0.15, -0.1) is 0 Å². The molecular weight excluding hydrogens is 380 g/mol. The fourth-order valence-electron chi connectivity index (χ4n) is 3.04. The van der Waals surface area contributed by atoms with E-state index in [1.807, 2.05) is 56.7 Å². The predicted molar refractivity (Wildman–Crippen MR) is 119 cm³/mol. The predicted octanol–water partition coefficient (Wildman–Crippen LogP) is 2.61. The van der Waals surface area contributed by atoms with Crippen LogP contribution >= 0.6 is 0 Å². The topological polar surface area (TPSA) is 86.9 Å². The van der Waals surface area contributed by atoms with Gasteiger partial charge in [0, 0.05) is 45.2 Å². The monoisotopic (exact) mass is 414 g/mol. The number of nitrogens with zero attached hydrogens (tertiary/aromatic N) is 5. The molecule has 0 aliphatic carbocycles. The van der Waals surface area contributed by atoms with E-state index in [0.29, 0.717) is 24.8 Å². The quantitative estimate of drug-likeness (QED) is 0.475. The molecule has 1 aromatic carbocycles. The molecule has 1 amide bonds. The van der Waals surface area contributed by atoms with Crippen molar-refractivity contribution >= 4 is 11.9 Å². The molecule has 164 valence electrons. The van der Waals surface area contributed by atoms with Gasteiger partial charge in [-0.05, 0) is 44.9 Å². The Kier molecular flexibility index (Phi) is 9.31. The number of rotatable bonds is 10. The van der Waals surface area contributed by atoms with Gasteiger partial charge in [-0.1, -0.05) is 24.2 Å². The second-order valence-electron chi connectivity index (χ2n) is 6.97. The van der Waals surface area contributed by atoms with E-state index in [4.69, 9.17) is 4.52 Å². The molecule has 0 atom stereocenters. The molecule has 0 spiro atoms. The van der Waals surface area contributed by atoms with Crippen LogP contribution in [0, 0.1) is 0 Å². The number of likely N-dealkylation sites (N-methyl/N-ethyl adjacent to an activating group) is 2. The van der Waals surface area contributed by atoms with Crippen molar-refractivity contribution < 1.29 is 9.32 Å². The molecule has 0 aliphatic heterocycles. The maximum atomic E-state index is 12.4. The zero-order valence-corrected chi connectivity index (χ0v) is 18.8. The lowest BCUT2D eigenvalue weighted by molar-refractivity contribution is -0.131. The van der Waals surface area contributed by atoms with Crippen LogP contribution in [-0.4, -0.2) is 71.6 Å². The molecular formula is C22H34N6O2. The van der Waals surface area contributed by atoms with Gasteiger partial charge in [0.2, 0.25) is 5.91 Å².